The second-order valence-electron chi connectivity index (χ2n) is 7.05. The third-order valence-electron chi connectivity index (χ3n) is 5.51. The van der Waals surface area contributed by atoms with Gasteiger partial charge >= 0.3 is 0 Å². The molecule has 0 bridgehead atoms. The predicted octanol–water partition coefficient (Wildman–Crippen LogP) is 3.01. The van der Waals surface area contributed by atoms with Crippen LogP contribution in [0.15, 0.2) is 42.5 Å². The van der Waals surface area contributed by atoms with E-state index in [2.05, 4.69) is 45.5 Å². The molecule has 0 radical (unpaired) electrons. The Labute approximate surface area is 146 Å². The summed E-state index contributed by atoms with van der Waals surface area (Å²) in [7, 11) is 0. The minimum absolute atomic E-state index is 0.0433. The van der Waals surface area contributed by atoms with E-state index in [1.54, 1.807) is 0 Å². The van der Waals surface area contributed by atoms with Crippen LogP contribution in [0, 0.1) is 0 Å². The number of carbonyl (C=O) groups is 1. The van der Waals surface area contributed by atoms with Crippen LogP contribution in [0.1, 0.15) is 32.7 Å². The summed E-state index contributed by atoms with van der Waals surface area (Å²) in [6.07, 6.45) is 2.00. The van der Waals surface area contributed by atoms with E-state index < -0.39 is 0 Å². The first kappa shape index (κ1) is 14.7. The molecule has 2 aliphatic rings. The number of amides is 1. The lowest BCUT2D eigenvalue weighted by Crippen LogP contribution is -2.30. The van der Waals surface area contributed by atoms with Crippen molar-refractivity contribution in [1.82, 2.24) is 15.2 Å². The number of nitrogens with zero attached hydrogens (tertiary/aromatic N) is 1. The first-order valence-electron chi connectivity index (χ1n) is 8.99. The minimum Gasteiger partial charge on any atom is -0.357 e. The highest BCUT2D eigenvalue weighted by atomic mass is 16.1. The highest BCUT2D eigenvalue weighted by Crippen LogP contribution is 2.30. The average Bonchev–Trinajstić information content (AvgIpc) is 2.88. The van der Waals surface area contributed by atoms with Crippen LogP contribution in [0.5, 0.6) is 0 Å². The Morgan fingerprint density at radius 3 is 2.80 bits per heavy atom. The molecule has 0 atom stereocenters. The highest BCUT2D eigenvalue weighted by Gasteiger charge is 2.23. The van der Waals surface area contributed by atoms with Gasteiger partial charge in [0.1, 0.15) is 0 Å². The molecular weight excluding hydrogens is 310 g/mol. The molecule has 2 aromatic carbocycles. The van der Waals surface area contributed by atoms with Gasteiger partial charge in [-0.2, -0.15) is 0 Å². The van der Waals surface area contributed by atoms with Crippen molar-refractivity contribution < 1.29 is 4.79 Å². The molecule has 126 valence electrons. The maximum absolute atomic E-state index is 12.3. The average molecular weight is 331 g/mol. The Morgan fingerprint density at radius 2 is 1.88 bits per heavy atom. The molecule has 0 aliphatic carbocycles. The predicted molar refractivity (Wildman–Crippen MR) is 98.6 cm³/mol. The fourth-order valence-corrected chi connectivity index (χ4v) is 4.28. The molecule has 2 aliphatic heterocycles. The Morgan fingerprint density at radius 1 is 1.00 bits per heavy atom. The third kappa shape index (κ3) is 2.45. The zero-order valence-corrected chi connectivity index (χ0v) is 14.1. The number of H-pyrrole nitrogens is 1. The number of hydrogen-bond donors (Lipinski definition) is 2. The second-order valence-corrected chi connectivity index (χ2v) is 7.05. The number of hydrogen-bond acceptors (Lipinski definition) is 2. The molecule has 5 rings (SSSR count). The monoisotopic (exact) mass is 331 g/mol. The lowest BCUT2D eigenvalue weighted by atomic mass is 9.99. The Kier molecular flexibility index (Phi) is 3.38. The van der Waals surface area contributed by atoms with Crippen LogP contribution >= 0.6 is 0 Å². The molecule has 3 aromatic rings. The largest absolute Gasteiger partial charge is 0.357 e. The Bertz CT molecular complexity index is 972. The maximum atomic E-state index is 12.3. The number of carbonyl (C=O) groups excluding carboxylic acids is 1. The van der Waals surface area contributed by atoms with Crippen molar-refractivity contribution in [3.05, 3.63) is 70.4 Å². The Hall–Kier alpha value is -2.59. The fraction of sp³-hybridized carbons (Fsp3) is 0.286. The molecule has 4 heteroatoms. The summed E-state index contributed by atoms with van der Waals surface area (Å²) in [6.45, 7) is 3.69. The van der Waals surface area contributed by atoms with E-state index in [0.717, 1.165) is 48.9 Å². The summed E-state index contributed by atoms with van der Waals surface area (Å²) in [5, 5.41) is 4.13. The van der Waals surface area contributed by atoms with Gasteiger partial charge < -0.3 is 10.3 Å². The number of aromatic nitrogens is 1. The fourth-order valence-electron chi connectivity index (χ4n) is 4.28. The molecule has 0 saturated carbocycles. The summed E-state index contributed by atoms with van der Waals surface area (Å²) >= 11 is 0. The zero-order valence-electron chi connectivity index (χ0n) is 14.1. The van der Waals surface area contributed by atoms with Gasteiger partial charge in [0.25, 0.3) is 5.91 Å². The maximum Gasteiger partial charge on any atom is 0.251 e. The standard InChI is InChI=1S/C21H21N3O/c25-21-17-6-3-7-18-20(17)16(8-10-22-21)19(23-18)13-24-11-9-14-4-1-2-5-15(14)12-24/h1-7,23H,8-13H2,(H,22,25). The first-order chi connectivity index (χ1) is 12.3. The van der Waals surface area contributed by atoms with Gasteiger partial charge in [-0.05, 0) is 41.7 Å². The van der Waals surface area contributed by atoms with Gasteiger partial charge in [-0.1, -0.05) is 30.3 Å². The SMILES string of the molecule is O=C1NCCc2c(CN3CCc4ccccc4C3)[nH]c3cccc1c23. The molecule has 4 nitrogen and oxygen atoms in total. The first-order valence-corrected chi connectivity index (χ1v) is 8.99. The van der Waals surface area contributed by atoms with Gasteiger partial charge in [-0.25, -0.2) is 0 Å². The molecule has 1 aromatic heterocycles. The molecule has 1 amide bonds. The number of benzene rings is 2. The van der Waals surface area contributed by atoms with Gasteiger partial charge in [-0.3, -0.25) is 9.69 Å². The normalized spacial score (nSPS) is 17.2. The number of fused-ring (bicyclic) bond motifs is 1. The van der Waals surface area contributed by atoms with Crippen molar-refractivity contribution in [2.75, 3.05) is 13.1 Å². The van der Waals surface area contributed by atoms with Crippen molar-refractivity contribution in [3.8, 4) is 0 Å². The number of nitrogens with one attached hydrogen (secondary N) is 2. The second kappa shape index (κ2) is 5.74. The van der Waals surface area contributed by atoms with E-state index >= 15 is 0 Å². The van der Waals surface area contributed by atoms with E-state index in [0.29, 0.717) is 6.54 Å². The van der Waals surface area contributed by atoms with Crippen molar-refractivity contribution in [2.45, 2.75) is 25.9 Å². The van der Waals surface area contributed by atoms with Gasteiger partial charge in [0.05, 0.1) is 0 Å². The Balaban J connectivity index is 1.51. The van der Waals surface area contributed by atoms with Crippen LogP contribution in [0.4, 0.5) is 0 Å². The summed E-state index contributed by atoms with van der Waals surface area (Å²) in [5.41, 5.74) is 7.37. The van der Waals surface area contributed by atoms with Crippen molar-refractivity contribution in [1.29, 1.82) is 0 Å². The molecule has 2 N–H and O–H groups in total. The molecule has 3 heterocycles. The van der Waals surface area contributed by atoms with E-state index in [9.17, 15) is 4.79 Å². The summed E-state index contributed by atoms with van der Waals surface area (Å²) in [6, 6.07) is 14.7. The van der Waals surface area contributed by atoms with Crippen LogP contribution in [0.2, 0.25) is 0 Å². The molecule has 0 fully saturated rings. The molecule has 25 heavy (non-hydrogen) atoms. The number of aromatic amines is 1. The van der Waals surface area contributed by atoms with E-state index in [-0.39, 0.29) is 5.91 Å². The summed E-state index contributed by atoms with van der Waals surface area (Å²) in [4.78, 5) is 18.4. The number of rotatable bonds is 2. The van der Waals surface area contributed by atoms with Crippen molar-refractivity contribution in [2.24, 2.45) is 0 Å². The van der Waals surface area contributed by atoms with Crippen molar-refractivity contribution >= 4 is 16.8 Å². The summed E-state index contributed by atoms with van der Waals surface area (Å²) in [5.74, 6) is 0.0433. The lowest BCUT2D eigenvalue weighted by molar-refractivity contribution is 0.0957. The van der Waals surface area contributed by atoms with Crippen LogP contribution in [0.25, 0.3) is 10.9 Å². The highest BCUT2D eigenvalue weighted by molar-refractivity contribution is 6.08. The topological polar surface area (TPSA) is 48.1 Å². The van der Waals surface area contributed by atoms with Gasteiger partial charge in [0.15, 0.2) is 0 Å². The van der Waals surface area contributed by atoms with Gasteiger partial charge in [0.2, 0.25) is 0 Å². The van der Waals surface area contributed by atoms with E-state index in [1.807, 2.05) is 12.1 Å². The molecule has 0 spiro atoms. The molecule has 0 unspecified atom stereocenters. The van der Waals surface area contributed by atoms with Gasteiger partial charge in [0, 0.05) is 48.3 Å². The summed E-state index contributed by atoms with van der Waals surface area (Å²) < 4.78 is 0. The van der Waals surface area contributed by atoms with Crippen LogP contribution in [-0.2, 0) is 25.9 Å². The van der Waals surface area contributed by atoms with Crippen LogP contribution in [-0.4, -0.2) is 28.9 Å². The quantitative estimate of drug-likeness (QED) is 0.758. The van der Waals surface area contributed by atoms with Gasteiger partial charge in [-0.15, -0.1) is 0 Å². The molecular formula is C21H21N3O. The van der Waals surface area contributed by atoms with Crippen LogP contribution in [0.3, 0.4) is 0 Å². The smallest absolute Gasteiger partial charge is 0.251 e. The molecule has 0 saturated heterocycles. The van der Waals surface area contributed by atoms with Crippen molar-refractivity contribution in [3.63, 3.8) is 0 Å². The van der Waals surface area contributed by atoms with E-state index in [1.165, 1.54) is 22.4 Å². The zero-order chi connectivity index (χ0) is 16.8. The minimum atomic E-state index is 0.0433. The third-order valence-corrected chi connectivity index (χ3v) is 5.51. The lowest BCUT2D eigenvalue weighted by Gasteiger charge is -2.28. The van der Waals surface area contributed by atoms with Crippen LogP contribution < -0.4 is 5.32 Å². The van der Waals surface area contributed by atoms with E-state index in [4.69, 9.17) is 0 Å².